The molecule has 1 atom stereocenters. The lowest BCUT2D eigenvalue weighted by atomic mass is 10.1. The molecule has 2 fully saturated rings. The number of carbonyl (C=O) groups excluding carboxylic acids is 1. The maximum Gasteiger partial charge on any atom is 0.317 e. The first-order valence-corrected chi connectivity index (χ1v) is 7.53. The Hall–Kier alpha value is -0.770. The second kappa shape index (κ2) is 6.98. The molecule has 0 aromatic rings. The summed E-state index contributed by atoms with van der Waals surface area (Å²) < 4.78 is 0. The number of hydrogen-bond acceptors (Lipinski definition) is 2. The van der Waals surface area contributed by atoms with E-state index in [9.17, 15) is 4.79 Å². The number of nitrogens with one attached hydrogen (secondary N) is 1. The van der Waals surface area contributed by atoms with Crippen molar-refractivity contribution in [2.24, 2.45) is 0 Å². The molecule has 1 unspecified atom stereocenters. The highest BCUT2D eigenvalue weighted by Crippen LogP contribution is 2.10. The van der Waals surface area contributed by atoms with E-state index >= 15 is 0 Å². The maximum absolute atomic E-state index is 12.0. The number of hydrogen-bond donors (Lipinski definition) is 1. The third kappa shape index (κ3) is 4.16. The van der Waals surface area contributed by atoms with Gasteiger partial charge in [0.05, 0.1) is 0 Å². The molecule has 0 aromatic carbocycles. The summed E-state index contributed by atoms with van der Waals surface area (Å²) in [5.41, 5.74) is 0. The molecule has 0 spiro atoms. The van der Waals surface area contributed by atoms with Crippen LogP contribution in [0.1, 0.15) is 45.4 Å². The van der Waals surface area contributed by atoms with Gasteiger partial charge in [-0.1, -0.05) is 6.42 Å². The van der Waals surface area contributed by atoms with Gasteiger partial charge in [0.2, 0.25) is 0 Å². The van der Waals surface area contributed by atoms with Crippen molar-refractivity contribution in [2.45, 2.75) is 51.5 Å². The molecule has 0 bridgehead atoms. The van der Waals surface area contributed by atoms with E-state index in [1.54, 1.807) is 0 Å². The molecule has 4 heteroatoms. The van der Waals surface area contributed by atoms with Crippen LogP contribution in [0.5, 0.6) is 0 Å². The molecule has 1 N–H and O–H groups in total. The van der Waals surface area contributed by atoms with Crippen molar-refractivity contribution in [1.29, 1.82) is 0 Å². The van der Waals surface area contributed by atoms with Gasteiger partial charge in [0.1, 0.15) is 0 Å². The van der Waals surface area contributed by atoms with Crippen LogP contribution in [0.25, 0.3) is 0 Å². The summed E-state index contributed by atoms with van der Waals surface area (Å²) in [6, 6.07) is 0.400. The van der Waals surface area contributed by atoms with E-state index in [0.29, 0.717) is 0 Å². The van der Waals surface area contributed by atoms with Crippen LogP contribution in [0.4, 0.5) is 4.79 Å². The average Bonchev–Trinajstić information content (AvgIpc) is 2.40. The number of rotatable bonds is 3. The number of piperidine rings is 2. The second-order valence-corrected chi connectivity index (χ2v) is 5.76. The van der Waals surface area contributed by atoms with Crippen LogP contribution in [0.15, 0.2) is 0 Å². The van der Waals surface area contributed by atoms with Crippen molar-refractivity contribution < 1.29 is 4.79 Å². The Balaban J connectivity index is 1.68. The fraction of sp³-hybridized carbons (Fsp3) is 0.929. The van der Waals surface area contributed by atoms with Gasteiger partial charge in [-0.25, -0.2) is 4.79 Å². The lowest BCUT2D eigenvalue weighted by molar-refractivity contribution is 0.172. The molecule has 104 valence electrons. The molecule has 2 aliphatic heterocycles. The standard InChI is InChI=1S/C14H27N3O/c1-13(12-16-8-4-2-5-9-16)15-14(18)17-10-6-3-7-11-17/h13H,2-12H2,1H3,(H,15,18). The molecular formula is C14H27N3O. The third-order valence-electron chi connectivity index (χ3n) is 3.99. The summed E-state index contributed by atoms with van der Waals surface area (Å²) in [6.45, 7) is 7.38. The highest BCUT2D eigenvalue weighted by atomic mass is 16.2. The van der Waals surface area contributed by atoms with Crippen LogP contribution in [0.3, 0.4) is 0 Å². The molecule has 2 amide bonds. The molecule has 2 heterocycles. The van der Waals surface area contributed by atoms with Gasteiger partial charge in [0, 0.05) is 25.7 Å². The van der Waals surface area contributed by atoms with Crippen LogP contribution in [-0.2, 0) is 0 Å². The first kappa shape index (κ1) is 13.7. The SMILES string of the molecule is CC(CN1CCCCC1)NC(=O)N1CCCCC1. The molecule has 18 heavy (non-hydrogen) atoms. The van der Waals surface area contributed by atoms with Gasteiger partial charge in [-0.05, 0) is 52.1 Å². The number of urea groups is 1. The summed E-state index contributed by atoms with van der Waals surface area (Å²) >= 11 is 0. The minimum Gasteiger partial charge on any atom is -0.334 e. The second-order valence-electron chi connectivity index (χ2n) is 5.76. The third-order valence-corrected chi connectivity index (χ3v) is 3.99. The van der Waals surface area contributed by atoms with Crippen molar-refractivity contribution in [1.82, 2.24) is 15.1 Å². The van der Waals surface area contributed by atoms with Crippen LogP contribution >= 0.6 is 0 Å². The van der Waals surface area contributed by atoms with Gasteiger partial charge >= 0.3 is 6.03 Å². The highest BCUT2D eigenvalue weighted by molar-refractivity contribution is 5.74. The summed E-state index contributed by atoms with van der Waals surface area (Å²) in [4.78, 5) is 16.5. The average molecular weight is 253 g/mol. The fourth-order valence-electron chi connectivity index (χ4n) is 2.97. The Morgan fingerprint density at radius 2 is 1.56 bits per heavy atom. The van der Waals surface area contributed by atoms with Crippen molar-refractivity contribution in [3.8, 4) is 0 Å². The summed E-state index contributed by atoms with van der Waals surface area (Å²) in [5, 5.41) is 3.14. The zero-order valence-corrected chi connectivity index (χ0v) is 11.7. The summed E-state index contributed by atoms with van der Waals surface area (Å²) in [6.07, 6.45) is 7.58. The molecule has 0 aliphatic carbocycles. The Labute approximate surface area is 111 Å². The number of carbonyl (C=O) groups is 1. The van der Waals surface area contributed by atoms with Crippen LogP contribution in [0.2, 0.25) is 0 Å². The van der Waals surface area contributed by atoms with Crippen LogP contribution in [0, 0.1) is 0 Å². The molecule has 2 aliphatic rings. The van der Waals surface area contributed by atoms with Crippen molar-refractivity contribution in [3.63, 3.8) is 0 Å². The van der Waals surface area contributed by atoms with E-state index in [-0.39, 0.29) is 12.1 Å². The largest absolute Gasteiger partial charge is 0.334 e. The van der Waals surface area contributed by atoms with Gasteiger partial charge in [-0.15, -0.1) is 0 Å². The first-order chi connectivity index (χ1) is 8.75. The molecule has 0 aromatic heterocycles. The van der Waals surface area contributed by atoms with E-state index in [1.807, 2.05) is 4.90 Å². The van der Waals surface area contributed by atoms with Gasteiger partial charge in [0.15, 0.2) is 0 Å². The normalized spacial score (nSPS) is 23.7. The Bertz CT molecular complexity index is 258. The molecule has 2 rings (SSSR count). The van der Waals surface area contributed by atoms with Crippen molar-refractivity contribution in [3.05, 3.63) is 0 Å². The Morgan fingerprint density at radius 1 is 1.00 bits per heavy atom. The van der Waals surface area contributed by atoms with Crippen molar-refractivity contribution >= 4 is 6.03 Å². The zero-order chi connectivity index (χ0) is 12.8. The van der Waals surface area contributed by atoms with Gasteiger partial charge in [0.25, 0.3) is 0 Å². The van der Waals surface area contributed by atoms with E-state index in [1.165, 1.54) is 38.8 Å². The fourth-order valence-corrected chi connectivity index (χ4v) is 2.97. The van der Waals surface area contributed by atoms with E-state index < -0.39 is 0 Å². The highest BCUT2D eigenvalue weighted by Gasteiger charge is 2.19. The predicted molar refractivity (Wildman–Crippen MR) is 73.7 cm³/mol. The lowest BCUT2D eigenvalue weighted by Gasteiger charge is -2.32. The van der Waals surface area contributed by atoms with Crippen LogP contribution in [-0.4, -0.2) is 54.6 Å². The molecule has 4 nitrogen and oxygen atoms in total. The quantitative estimate of drug-likeness (QED) is 0.835. The minimum absolute atomic E-state index is 0.138. The molecule has 0 radical (unpaired) electrons. The topological polar surface area (TPSA) is 35.6 Å². The lowest BCUT2D eigenvalue weighted by Crippen LogP contribution is -2.49. The smallest absolute Gasteiger partial charge is 0.317 e. The van der Waals surface area contributed by atoms with Gasteiger partial charge in [-0.2, -0.15) is 0 Å². The molecule has 0 saturated carbocycles. The molecular weight excluding hydrogens is 226 g/mol. The van der Waals surface area contributed by atoms with Gasteiger partial charge in [-0.3, -0.25) is 0 Å². The number of amides is 2. The number of likely N-dealkylation sites (tertiary alicyclic amines) is 2. The van der Waals surface area contributed by atoms with E-state index in [2.05, 4.69) is 17.1 Å². The van der Waals surface area contributed by atoms with E-state index in [4.69, 9.17) is 0 Å². The number of nitrogens with zero attached hydrogens (tertiary/aromatic N) is 2. The Kier molecular flexibility index (Phi) is 5.29. The van der Waals surface area contributed by atoms with Crippen molar-refractivity contribution in [2.75, 3.05) is 32.7 Å². The monoisotopic (exact) mass is 253 g/mol. The first-order valence-electron chi connectivity index (χ1n) is 7.53. The summed E-state index contributed by atoms with van der Waals surface area (Å²) in [5.74, 6) is 0. The molecule has 2 saturated heterocycles. The Morgan fingerprint density at radius 3 is 2.17 bits per heavy atom. The van der Waals surface area contributed by atoms with Gasteiger partial charge < -0.3 is 15.1 Å². The zero-order valence-electron chi connectivity index (χ0n) is 11.7. The minimum atomic E-state index is 0.138. The van der Waals surface area contributed by atoms with Crippen LogP contribution < -0.4 is 5.32 Å². The predicted octanol–water partition coefficient (Wildman–Crippen LogP) is 2.06. The van der Waals surface area contributed by atoms with E-state index in [0.717, 1.165) is 32.5 Å². The maximum atomic E-state index is 12.0. The summed E-state index contributed by atoms with van der Waals surface area (Å²) in [7, 11) is 0.